The van der Waals surface area contributed by atoms with Gasteiger partial charge in [-0.2, -0.15) is 0 Å². The minimum Gasteiger partial charge on any atom is -0.490 e. The fourth-order valence-electron chi connectivity index (χ4n) is 3.37. The summed E-state index contributed by atoms with van der Waals surface area (Å²) in [6, 6.07) is 25.5. The van der Waals surface area contributed by atoms with Crippen LogP contribution >= 0.6 is 11.6 Å². The zero-order valence-electron chi connectivity index (χ0n) is 16.3. The number of fused-ring (bicyclic) bond motifs is 1. The molecule has 29 heavy (non-hydrogen) atoms. The van der Waals surface area contributed by atoms with Gasteiger partial charge in [0, 0.05) is 0 Å². The summed E-state index contributed by atoms with van der Waals surface area (Å²) in [6.45, 7) is 3.24. The lowest BCUT2D eigenvalue weighted by Gasteiger charge is -2.19. The highest BCUT2D eigenvalue weighted by atomic mass is 35.5. The third-order valence-corrected chi connectivity index (χ3v) is 5.09. The lowest BCUT2D eigenvalue weighted by atomic mass is 10.2. The van der Waals surface area contributed by atoms with E-state index in [0.29, 0.717) is 23.9 Å². The number of imidazole rings is 1. The van der Waals surface area contributed by atoms with Crippen molar-refractivity contribution in [2.75, 3.05) is 6.61 Å². The zero-order chi connectivity index (χ0) is 20.1. The zero-order valence-corrected chi connectivity index (χ0v) is 17.0. The van der Waals surface area contributed by atoms with E-state index in [0.717, 1.165) is 29.0 Å². The molecule has 0 spiro atoms. The van der Waals surface area contributed by atoms with Crippen LogP contribution in [-0.2, 0) is 6.54 Å². The van der Waals surface area contributed by atoms with Gasteiger partial charge >= 0.3 is 0 Å². The molecule has 0 aliphatic carbocycles. The van der Waals surface area contributed by atoms with E-state index in [1.54, 1.807) is 0 Å². The summed E-state index contributed by atoms with van der Waals surface area (Å²) < 4.78 is 14.4. The second-order valence-corrected chi connectivity index (χ2v) is 7.12. The number of halogens is 1. The van der Waals surface area contributed by atoms with Crippen LogP contribution in [0.5, 0.6) is 11.5 Å². The molecule has 0 saturated carbocycles. The number of para-hydroxylation sites is 4. The van der Waals surface area contributed by atoms with E-state index in [-0.39, 0.29) is 6.10 Å². The van der Waals surface area contributed by atoms with Crippen molar-refractivity contribution >= 4 is 22.6 Å². The van der Waals surface area contributed by atoms with Crippen LogP contribution in [0.25, 0.3) is 11.0 Å². The molecule has 0 bridgehead atoms. The first-order chi connectivity index (χ1) is 14.3. The molecule has 4 nitrogen and oxygen atoms in total. The van der Waals surface area contributed by atoms with Gasteiger partial charge in [0.15, 0.2) is 11.9 Å². The molecule has 5 heteroatoms. The number of nitrogens with zero attached hydrogens (tertiary/aromatic N) is 2. The Kier molecular flexibility index (Phi) is 6.01. The van der Waals surface area contributed by atoms with Crippen molar-refractivity contribution in [3.63, 3.8) is 0 Å². The van der Waals surface area contributed by atoms with E-state index >= 15 is 0 Å². The highest BCUT2D eigenvalue weighted by Crippen LogP contribution is 2.28. The van der Waals surface area contributed by atoms with Crippen LogP contribution in [0.3, 0.4) is 0 Å². The molecule has 0 amide bonds. The van der Waals surface area contributed by atoms with Crippen LogP contribution in [0.15, 0.2) is 78.9 Å². The van der Waals surface area contributed by atoms with Crippen LogP contribution in [-0.4, -0.2) is 16.2 Å². The summed E-state index contributed by atoms with van der Waals surface area (Å²) >= 11 is 6.21. The van der Waals surface area contributed by atoms with Crippen molar-refractivity contribution in [2.45, 2.75) is 26.0 Å². The Morgan fingerprint density at radius 3 is 2.45 bits per heavy atom. The lowest BCUT2D eigenvalue weighted by molar-refractivity contribution is 0.184. The van der Waals surface area contributed by atoms with Crippen LogP contribution < -0.4 is 9.47 Å². The molecule has 4 aromatic rings. The number of aromatic nitrogens is 2. The molecule has 0 saturated heterocycles. The minimum atomic E-state index is -0.148. The fraction of sp³-hybridized carbons (Fsp3) is 0.208. The largest absolute Gasteiger partial charge is 0.490 e. The summed E-state index contributed by atoms with van der Waals surface area (Å²) in [5.74, 6) is 2.43. The number of hydrogen-bond donors (Lipinski definition) is 0. The van der Waals surface area contributed by atoms with Crippen molar-refractivity contribution in [3.8, 4) is 11.5 Å². The van der Waals surface area contributed by atoms with Gasteiger partial charge in [-0.1, -0.05) is 61.0 Å². The van der Waals surface area contributed by atoms with E-state index < -0.39 is 0 Å². The molecular weight excluding hydrogens is 384 g/mol. The molecule has 4 rings (SSSR count). The molecule has 3 aromatic carbocycles. The molecule has 1 atom stereocenters. The van der Waals surface area contributed by atoms with Crippen LogP contribution in [0.4, 0.5) is 0 Å². The first-order valence-corrected chi connectivity index (χ1v) is 10.2. The first kappa shape index (κ1) is 19.3. The van der Waals surface area contributed by atoms with Crippen LogP contribution in [0.2, 0.25) is 5.02 Å². The van der Waals surface area contributed by atoms with E-state index in [1.807, 2.05) is 72.8 Å². The molecule has 1 unspecified atom stereocenters. The van der Waals surface area contributed by atoms with Crippen molar-refractivity contribution in [2.24, 2.45) is 0 Å². The molecule has 1 heterocycles. The molecule has 0 fully saturated rings. The standard InChI is InChI=1S/C24H23ClN2O2/c1-2-22(29-18-10-4-3-5-11-18)24-26-20-13-7-8-14-21(20)27(24)16-17-28-23-15-9-6-12-19(23)25/h3-15,22H,2,16-17H2,1H3. The Balaban J connectivity index is 1.60. The molecule has 148 valence electrons. The van der Waals surface area contributed by atoms with Gasteiger partial charge in [0.1, 0.15) is 18.1 Å². The molecule has 0 radical (unpaired) electrons. The van der Waals surface area contributed by atoms with Crippen molar-refractivity contribution < 1.29 is 9.47 Å². The smallest absolute Gasteiger partial charge is 0.156 e. The van der Waals surface area contributed by atoms with Gasteiger partial charge in [-0.05, 0) is 42.8 Å². The molecule has 0 N–H and O–H groups in total. The second-order valence-electron chi connectivity index (χ2n) is 6.72. The molecule has 0 aliphatic rings. The van der Waals surface area contributed by atoms with Gasteiger partial charge in [-0.25, -0.2) is 4.98 Å². The second kappa shape index (κ2) is 9.01. The SMILES string of the molecule is CCC(Oc1ccccc1)c1nc2ccccc2n1CCOc1ccccc1Cl. The van der Waals surface area contributed by atoms with Gasteiger partial charge in [0.05, 0.1) is 22.6 Å². The first-order valence-electron chi connectivity index (χ1n) is 9.80. The number of rotatable bonds is 8. The topological polar surface area (TPSA) is 36.3 Å². The van der Waals surface area contributed by atoms with Crippen molar-refractivity contribution in [1.82, 2.24) is 9.55 Å². The highest BCUT2D eigenvalue weighted by Gasteiger charge is 2.20. The summed E-state index contributed by atoms with van der Waals surface area (Å²) in [5.41, 5.74) is 2.02. The number of benzene rings is 3. The molecule has 1 aromatic heterocycles. The summed E-state index contributed by atoms with van der Waals surface area (Å²) in [6.07, 6.45) is 0.661. The van der Waals surface area contributed by atoms with E-state index in [9.17, 15) is 0 Å². The Hall–Kier alpha value is -2.98. The number of ether oxygens (including phenoxy) is 2. The maximum absolute atomic E-state index is 6.26. The van der Waals surface area contributed by atoms with Crippen molar-refractivity contribution in [1.29, 1.82) is 0 Å². The fourth-order valence-corrected chi connectivity index (χ4v) is 3.56. The average molecular weight is 407 g/mol. The third-order valence-electron chi connectivity index (χ3n) is 4.77. The van der Waals surface area contributed by atoms with Gasteiger partial charge in [-0.3, -0.25) is 0 Å². The van der Waals surface area contributed by atoms with Crippen LogP contribution in [0, 0.1) is 0 Å². The third kappa shape index (κ3) is 4.38. The summed E-state index contributed by atoms with van der Waals surface area (Å²) in [5, 5.41) is 0.613. The number of hydrogen-bond acceptors (Lipinski definition) is 3. The van der Waals surface area contributed by atoms with Gasteiger partial charge in [-0.15, -0.1) is 0 Å². The maximum Gasteiger partial charge on any atom is 0.156 e. The summed E-state index contributed by atoms with van der Waals surface area (Å²) in [4.78, 5) is 4.88. The Bertz CT molecular complexity index is 1080. The van der Waals surface area contributed by atoms with Gasteiger partial charge in [0.2, 0.25) is 0 Å². The normalized spacial score (nSPS) is 12.1. The van der Waals surface area contributed by atoms with Gasteiger partial charge < -0.3 is 14.0 Å². The summed E-state index contributed by atoms with van der Waals surface area (Å²) in [7, 11) is 0. The van der Waals surface area contributed by atoms with Crippen molar-refractivity contribution in [3.05, 3.63) is 89.7 Å². The minimum absolute atomic E-state index is 0.148. The van der Waals surface area contributed by atoms with E-state index in [2.05, 4.69) is 17.6 Å². The van der Waals surface area contributed by atoms with E-state index in [1.165, 1.54) is 0 Å². The van der Waals surface area contributed by atoms with Crippen LogP contribution in [0.1, 0.15) is 25.3 Å². The monoisotopic (exact) mass is 406 g/mol. The lowest BCUT2D eigenvalue weighted by Crippen LogP contribution is -2.17. The Morgan fingerprint density at radius 1 is 0.931 bits per heavy atom. The van der Waals surface area contributed by atoms with Gasteiger partial charge in [0.25, 0.3) is 0 Å². The Morgan fingerprint density at radius 2 is 1.66 bits per heavy atom. The molecule has 0 aliphatic heterocycles. The average Bonchev–Trinajstić information content (AvgIpc) is 3.12. The van der Waals surface area contributed by atoms with E-state index in [4.69, 9.17) is 26.1 Å². The predicted octanol–water partition coefficient (Wildman–Crippen LogP) is 6.30. The molecular formula is C24H23ClN2O2. The quantitative estimate of drug-likeness (QED) is 0.344. The maximum atomic E-state index is 6.26. The highest BCUT2D eigenvalue weighted by molar-refractivity contribution is 6.32. The predicted molar refractivity (Wildman–Crippen MR) is 117 cm³/mol. The Labute approximate surface area is 175 Å².